The second-order valence-electron chi connectivity index (χ2n) is 5.38. The number of phenols is 1. The fourth-order valence-corrected chi connectivity index (χ4v) is 2.65. The molecule has 0 saturated carbocycles. The van der Waals surface area contributed by atoms with E-state index in [1.165, 1.54) is 5.56 Å². The fraction of sp³-hybridized carbons (Fsp3) is 0.235. The molecule has 0 spiro atoms. The second-order valence-corrected chi connectivity index (χ2v) is 5.38. The normalized spacial score (nSPS) is 16.7. The lowest BCUT2D eigenvalue weighted by molar-refractivity contribution is 0.0935. The minimum Gasteiger partial charge on any atom is -0.507 e. The molecule has 2 aromatic carbocycles. The first-order chi connectivity index (χ1) is 10.1. The zero-order valence-electron chi connectivity index (χ0n) is 11.9. The molecule has 4 heteroatoms. The van der Waals surface area contributed by atoms with Crippen LogP contribution in [0.4, 0.5) is 5.69 Å². The molecule has 1 heterocycles. The third-order valence-electron chi connectivity index (χ3n) is 3.84. The smallest absolute Gasteiger partial charge is 0.255 e. The highest BCUT2D eigenvalue weighted by Gasteiger charge is 2.21. The van der Waals surface area contributed by atoms with Gasteiger partial charge in [0, 0.05) is 12.2 Å². The summed E-state index contributed by atoms with van der Waals surface area (Å²) in [6.45, 7) is 2.47. The van der Waals surface area contributed by atoms with Crippen molar-refractivity contribution in [2.75, 3.05) is 11.9 Å². The van der Waals surface area contributed by atoms with Crippen LogP contribution in [-0.2, 0) is 6.42 Å². The Bertz CT molecular complexity index is 682. The van der Waals surface area contributed by atoms with Crippen molar-refractivity contribution in [2.24, 2.45) is 0 Å². The van der Waals surface area contributed by atoms with Crippen LogP contribution in [0.2, 0.25) is 0 Å². The molecule has 1 aliphatic heterocycles. The summed E-state index contributed by atoms with van der Waals surface area (Å²) in [6, 6.07) is 13.3. The first kappa shape index (κ1) is 13.5. The molecule has 0 saturated heterocycles. The third-order valence-corrected chi connectivity index (χ3v) is 3.84. The molecule has 21 heavy (non-hydrogen) atoms. The maximum absolute atomic E-state index is 12.3. The number of fused-ring (bicyclic) bond motifs is 1. The number of phenolic OH excluding ortho intramolecular Hbond substituents is 1. The average molecular weight is 282 g/mol. The fourth-order valence-electron chi connectivity index (χ4n) is 2.65. The van der Waals surface area contributed by atoms with Gasteiger partial charge in [-0.25, -0.2) is 0 Å². The number of amides is 1. The molecule has 0 aliphatic carbocycles. The number of benzene rings is 2. The van der Waals surface area contributed by atoms with Crippen LogP contribution in [0.1, 0.15) is 21.5 Å². The number of rotatable bonds is 2. The summed E-state index contributed by atoms with van der Waals surface area (Å²) in [6.07, 6.45) is 0.793. The summed E-state index contributed by atoms with van der Waals surface area (Å²) in [5.74, 6) is -0.179. The van der Waals surface area contributed by atoms with Crippen LogP contribution >= 0.6 is 0 Å². The molecular formula is C17H18N2O2. The van der Waals surface area contributed by atoms with E-state index < -0.39 is 0 Å². The van der Waals surface area contributed by atoms with Crippen molar-refractivity contribution >= 4 is 11.6 Å². The monoisotopic (exact) mass is 282 g/mol. The van der Waals surface area contributed by atoms with Crippen LogP contribution in [-0.4, -0.2) is 23.6 Å². The Morgan fingerprint density at radius 3 is 2.90 bits per heavy atom. The Hall–Kier alpha value is -2.49. The highest BCUT2D eigenvalue weighted by atomic mass is 16.3. The minimum absolute atomic E-state index is 0.0207. The highest BCUT2D eigenvalue weighted by molar-refractivity contribution is 5.97. The molecule has 108 valence electrons. The Morgan fingerprint density at radius 2 is 2.05 bits per heavy atom. The topological polar surface area (TPSA) is 61.4 Å². The quantitative estimate of drug-likeness (QED) is 0.793. The molecule has 1 aliphatic rings. The Labute approximate surface area is 123 Å². The molecule has 0 bridgehead atoms. The molecular weight excluding hydrogens is 264 g/mol. The molecule has 1 amide bonds. The number of para-hydroxylation sites is 2. The minimum atomic E-state index is -0.234. The van der Waals surface area contributed by atoms with E-state index >= 15 is 0 Å². The first-order valence-corrected chi connectivity index (χ1v) is 7.06. The van der Waals surface area contributed by atoms with Crippen molar-refractivity contribution in [3.63, 3.8) is 0 Å². The maximum atomic E-state index is 12.3. The predicted octanol–water partition coefficient (Wildman–Crippen LogP) is 2.47. The van der Waals surface area contributed by atoms with Crippen molar-refractivity contribution in [3.8, 4) is 5.75 Å². The lowest BCUT2D eigenvalue weighted by Crippen LogP contribution is -2.43. The summed E-state index contributed by atoms with van der Waals surface area (Å²) >= 11 is 0. The number of carbonyl (C=O) groups is 1. The molecule has 0 radical (unpaired) electrons. The van der Waals surface area contributed by atoms with Crippen LogP contribution in [0.5, 0.6) is 5.75 Å². The van der Waals surface area contributed by atoms with Crippen LogP contribution in [0, 0.1) is 6.92 Å². The van der Waals surface area contributed by atoms with Gasteiger partial charge in [0.25, 0.3) is 5.91 Å². The van der Waals surface area contributed by atoms with E-state index in [1.54, 1.807) is 25.1 Å². The van der Waals surface area contributed by atoms with Gasteiger partial charge >= 0.3 is 0 Å². The van der Waals surface area contributed by atoms with Crippen molar-refractivity contribution in [3.05, 3.63) is 59.2 Å². The van der Waals surface area contributed by atoms with Crippen LogP contribution in [0.15, 0.2) is 42.5 Å². The Kier molecular flexibility index (Phi) is 3.52. The molecule has 1 unspecified atom stereocenters. The lowest BCUT2D eigenvalue weighted by Gasteiger charge is -2.27. The number of hydrogen-bond donors (Lipinski definition) is 3. The maximum Gasteiger partial charge on any atom is 0.255 e. The van der Waals surface area contributed by atoms with E-state index in [2.05, 4.69) is 16.7 Å². The number of anilines is 1. The second kappa shape index (κ2) is 5.48. The molecule has 1 atom stereocenters. The van der Waals surface area contributed by atoms with Crippen molar-refractivity contribution < 1.29 is 9.90 Å². The van der Waals surface area contributed by atoms with Gasteiger partial charge in [-0.05, 0) is 36.6 Å². The van der Waals surface area contributed by atoms with Gasteiger partial charge in [-0.2, -0.15) is 0 Å². The van der Waals surface area contributed by atoms with Crippen LogP contribution in [0.25, 0.3) is 0 Å². The van der Waals surface area contributed by atoms with Gasteiger partial charge in [0.1, 0.15) is 5.75 Å². The molecule has 3 N–H and O–H groups in total. The van der Waals surface area contributed by atoms with Gasteiger partial charge in [-0.3, -0.25) is 4.79 Å². The molecule has 0 aromatic heterocycles. The summed E-state index contributed by atoms with van der Waals surface area (Å²) in [5.41, 5.74) is 3.35. The number of aromatic hydroxyl groups is 1. The summed E-state index contributed by atoms with van der Waals surface area (Å²) in [4.78, 5) is 12.3. The molecule has 4 nitrogen and oxygen atoms in total. The van der Waals surface area contributed by atoms with E-state index in [9.17, 15) is 9.90 Å². The standard InChI is InChI=1S/C17H18N2O2/c1-11-5-4-7-14(16(11)20)17(21)19-13-9-12-6-2-3-8-15(12)18-10-13/h2-8,13,18,20H,9-10H2,1H3,(H,19,21). The largest absolute Gasteiger partial charge is 0.507 e. The van der Waals surface area contributed by atoms with Gasteiger partial charge in [0.05, 0.1) is 11.6 Å². The Morgan fingerprint density at radius 1 is 1.24 bits per heavy atom. The van der Waals surface area contributed by atoms with Crippen molar-refractivity contribution in [2.45, 2.75) is 19.4 Å². The number of hydrogen-bond acceptors (Lipinski definition) is 3. The average Bonchev–Trinajstić information content (AvgIpc) is 2.50. The molecule has 3 rings (SSSR count). The number of nitrogens with one attached hydrogen (secondary N) is 2. The van der Waals surface area contributed by atoms with Gasteiger partial charge in [-0.1, -0.05) is 30.3 Å². The van der Waals surface area contributed by atoms with E-state index in [0.29, 0.717) is 17.7 Å². The number of aryl methyl sites for hydroxylation is 1. The Balaban J connectivity index is 1.73. The van der Waals surface area contributed by atoms with Gasteiger partial charge in [-0.15, -0.1) is 0 Å². The SMILES string of the molecule is Cc1cccc(C(=O)NC2CNc3ccccc3C2)c1O. The first-order valence-electron chi connectivity index (χ1n) is 7.06. The van der Waals surface area contributed by atoms with Crippen molar-refractivity contribution in [1.82, 2.24) is 5.32 Å². The summed E-state index contributed by atoms with van der Waals surface area (Å²) in [7, 11) is 0. The van der Waals surface area contributed by atoms with Gasteiger partial charge in [0.2, 0.25) is 0 Å². The van der Waals surface area contributed by atoms with E-state index in [4.69, 9.17) is 0 Å². The van der Waals surface area contributed by atoms with Gasteiger partial charge in [0.15, 0.2) is 0 Å². The molecule has 0 fully saturated rings. The van der Waals surface area contributed by atoms with E-state index in [-0.39, 0.29) is 17.7 Å². The third kappa shape index (κ3) is 2.70. The highest BCUT2D eigenvalue weighted by Crippen LogP contribution is 2.23. The zero-order valence-corrected chi connectivity index (χ0v) is 11.9. The van der Waals surface area contributed by atoms with Crippen molar-refractivity contribution in [1.29, 1.82) is 0 Å². The lowest BCUT2D eigenvalue weighted by atomic mass is 9.99. The molecule has 2 aromatic rings. The van der Waals surface area contributed by atoms with E-state index in [1.807, 2.05) is 18.2 Å². The number of carbonyl (C=O) groups excluding carboxylic acids is 1. The van der Waals surface area contributed by atoms with Crippen LogP contribution < -0.4 is 10.6 Å². The van der Waals surface area contributed by atoms with Crippen LogP contribution in [0.3, 0.4) is 0 Å². The summed E-state index contributed by atoms with van der Waals surface area (Å²) in [5, 5.41) is 16.3. The van der Waals surface area contributed by atoms with E-state index in [0.717, 1.165) is 12.1 Å². The summed E-state index contributed by atoms with van der Waals surface area (Å²) < 4.78 is 0. The zero-order chi connectivity index (χ0) is 14.8. The van der Waals surface area contributed by atoms with Gasteiger partial charge < -0.3 is 15.7 Å². The predicted molar refractivity (Wildman–Crippen MR) is 82.7 cm³/mol.